The number of aromatic nitrogens is 3. The van der Waals surface area contributed by atoms with Crippen LogP contribution in [-0.4, -0.2) is 62.8 Å². The van der Waals surface area contributed by atoms with Gasteiger partial charge in [-0.1, -0.05) is 6.92 Å². The first kappa shape index (κ1) is 28.9. The van der Waals surface area contributed by atoms with Gasteiger partial charge in [0.1, 0.15) is 35.2 Å². The standard InChI is InChI=1S/C23H19F9N6O2/c1-9(22(27,28)29)4-16(39)37-6-13(25)14(7-37)36-21(40)17-12(24)3-2-10(18(17)26)15-5-11(23(30,31)32)19-20(33)34-8-35-38(15)19/h2-3,5,8-9,13-14H,4,6-7H2,1H3,(H,36,40)(H2,33,34,35)/t9?,13-,14+/m0/s1. The summed E-state index contributed by atoms with van der Waals surface area (Å²) in [5.41, 5.74) is 1.01. The predicted octanol–water partition coefficient (Wildman–Crippen LogP) is 4.14. The van der Waals surface area contributed by atoms with Crippen LogP contribution in [0.1, 0.15) is 29.3 Å². The normalized spacial score (nSPS) is 18.8. The number of carbonyl (C=O) groups is 2. The highest BCUT2D eigenvalue weighted by atomic mass is 19.4. The summed E-state index contributed by atoms with van der Waals surface area (Å²) in [4.78, 5) is 29.2. The fraction of sp³-hybridized carbons (Fsp3) is 0.391. The molecule has 0 radical (unpaired) electrons. The van der Waals surface area contributed by atoms with E-state index in [-0.39, 0.29) is 0 Å². The average molecular weight is 582 g/mol. The van der Waals surface area contributed by atoms with Gasteiger partial charge in [0.2, 0.25) is 5.91 Å². The summed E-state index contributed by atoms with van der Waals surface area (Å²) in [5.74, 6) is -8.19. The minimum absolute atomic E-state index is 0.484. The van der Waals surface area contributed by atoms with Crippen molar-refractivity contribution in [2.45, 2.75) is 37.9 Å². The molecule has 40 heavy (non-hydrogen) atoms. The molecule has 4 rings (SSSR count). The highest BCUT2D eigenvalue weighted by Gasteiger charge is 2.42. The van der Waals surface area contributed by atoms with Crippen LogP contribution in [0.25, 0.3) is 16.8 Å². The lowest BCUT2D eigenvalue weighted by molar-refractivity contribution is -0.176. The first-order valence-corrected chi connectivity index (χ1v) is 11.5. The Kier molecular flexibility index (Phi) is 7.36. The van der Waals surface area contributed by atoms with E-state index in [0.29, 0.717) is 16.6 Å². The number of halogens is 9. The zero-order chi connectivity index (χ0) is 29.7. The molecule has 0 aliphatic carbocycles. The molecule has 8 nitrogen and oxygen atoms in total. The Morgan fingerprint density at radius 1 is 1.15 bits per heavy atom. The number of carbonyl (C=O) groups excluding carboxylic acids is 2. The number of fused-ring (bicyclic) bond motifs is 1. The lowest BCUT2D eigenvalue weighted by Crippen LogP contribution is -2.42. The summed E-state index contributed by atoms with van der Waals surface area (Å²) in [6.45, 7) is -0.477. The Bertz CT molecular complexity index is 1470. The maximum absolute atomic E-state index is 15.5. The highest BCUT2D eigenvalue weighted by molar-refractivity contribution is 5.96. The number of nitrogen functional groups attached to an aromatic ring is 1. The van der Waals surface area contributed by atoms with Crippen LogP contribution in [0, 0.1) is 17.6 Å². The first-order chi connectivity index (χ1) is 18.5. The Hall–Kier alpha value is -4.05. The van der Waals surface area contributed by atoms with Crippen molar-refractivity contribution in [2.75, 3.05) is 18.8 Å². The maximum Gasteiger partial charge on any atom is 0.418 e. The molecule has 1 unspecified atom stereocenters. The van der Waals surface area contributed by atoms with E-state index in [1.807, 2.05) is 5.32 Å². The SMILES string of the molecule is CC(CC(=O)N1C[C@H](F)[C@H](NC(=O)c2c(F)ccc(-c3cc(C(F)(F)F)c4c(N)ncnn34)c2F)C1)C(F)(F)F. The van der Waals surface area contributed by atoms with Crippen molar-refractivity contribution in [1.29, 1.82) is 0 Å². The van der Waals surface area contributed by atoms with Crippen molar-refractivity contribution < 1.29 is 49.1 Å². The van der Waals surface area contributed by atoms with E-state index in [9.17, 15) is 44.7 Å². The molecule has 0 bridgehead atoms. The molecule has 1 fully saturated rings. The van der Waals surface area contributed by atoms with Crippen LogP contribution in [-0.2, 0) is 11.0 Å². The number of amides is 2. The van der Waals surface area contributed by atoms with Crippen LogP contribution in [0.15, 0.2) is 24.5 Å². The highest BCUT2D eigenvalue weighted by Crippen LogP contribution is 2.39. The number of nitrogens with one attached hydrogen (secondary N) is 1. The van der Waals surface area contributed by atoms with E-state index in [1.165, 1.54) is 0 Å². The third-order valence-corrected chi connectivity index (χ3v) is 6.44. The number of alkyl halides is 7. The summed E-state index contributed by atoms with van der Waals surface area (Å²) >= 11 is 0. The zero-order valence-electron chi connectivity index (χ0n) is 20.2. The fourth-order valence-electron chi connectivity index (χ4n) is 4.29. The minimum Gasteiger partial charge on any atom is -0.382 e. The summed E-state index contributed by atoms with van der Waals surface area (Å²) < 4.78 is 124. The van der Waals surface area contributed by atoms with E-state index in [4.69, 9.17) is 5.73 Å². The van der Waals surface area contributed by atoms with E-state index in [0.717, 1.165) is 24.2 Å². The lowest BCUT2D eigenvalue weighted by Gasteiger charge is -2.20. The van der Waals surface area contributed by atoms with Crippen LogP contribution in [0.2, 0.25) is 0 Å². The van der Waals surface area contributed by atoms with Gasteiger partial charge in [0.05, 0.1) is 29.8 Å². The Labute approximate surface area is 218 Å². The maximum atomic E-state index is 15.5. The van der Waals surface area contributed by atoms with Gasteiger partial charge in [-0.3, -0.25) is 9.59 Å². The van der Waals surface area contributed by atoms with Gasteiger partial charge in [-0.05, 0) is 18.2 Å². The van der Waals surface area contributed by atoms with Crippen molar-refractivity contribution in [3.63, 3.8) is 0 Å². The van der Waals surface area contributed by atoms with Crippen LogP contribution in [0.4, 0.5) is 45.3 Å². The third-order valence-electron chi connectivity index (χ3n) is 6.44. The molecule has 3 heterocycles. The molecular weight excluding hydrogens is 563 g/mol. The van der Waals surface area contributed by atoms with Crippen molar-refractivity contribution in [3.8, 4) is 11.3 Å². The fourth-order valence-corrected chi connectivity index (χ4v) is 4.29. The van der Waals surface area contributed by atoms with Gasteiger partial charge in [0.15, 0.2) is 5.82 Å². The molecule has 216 valence electrons. The van der Waals surface area contributed by atoms with Gasteiger partial charge in [-0.15, -0.1) is 0 Å². The van der Waals surface area contributed by atoms with Crippen molar-refractivity contribution in [3.05, 3.63) is 47.3 Å². The lowest BCUT2D eigenvalue weighted by atomic mass is 10.0. The monoisotopic (exact) mass is 582 g/mol. The predicted molar refractivity (Wildman–Crippen MR) is 120 cm³/mol. The number of benzene rings is 1. The Morgan fingerprint density at radius 3 is 2.45 bits per heavy atom. The smallest absolute Gasteiger partial charge is 0.382 e. The molecule has 2 aromatic heterocycles. The summed E-state index contributed by atoms with van der Waals surface area (Å²) in [7, 11) is 0. The number of rotatable bonds is 5. The molecule has 1 saturated heterocycles. The minimum atomic E-state index is -4.97. The number of likely N-dealkylation sites (tertiary alicyclic amines) is 1. The van der Waals surface area contributed by atoms with Gasteiger partial charge in [-0.2, -0.15) is 31.4 Å². The molecule has 3 N–H and O–H groups in total. The van der Waals surface area contributed by atoms with Crippen molar-refractivity contribution in [2.24, 2.45) is 5.92 Å². The summed E-state index contributed by atoms with van der Waals surface area (Å²) in [6.07, 6.45) is -11.8. The van der Waals surface area contributed by atoms with Crippen LogP contribution in [0.5, 0.6) is 0 Å². The number of hydrogen-bond donors (Lipinski definition) is 2. The average Bonchev–Trinajstić information content (AvgIpc) is 3.40. The second-order valence-electron chi connectivity index (χ2n) is 9.17. The zero-order valence-corrected chi connectivity index (χ0v) is 20.2. The van der Waals surface area contributed by atoms with Gasteiger partial charge >= 0.3 is 12.4 Å². The number of anilines is 1. The third kappa shape index (κ3) is 5.36. The van der Waals surface area contributed by atoms with Gasteiger partial charge < -0.3 is 16.0 Å². The van der Waals surface area contributed by atoms with Crippen LogP contribution in [0.3, 0.4) is 0 Å². The topological polar surface area (TPSA) is 106 Å². The molecule has 0 spiro atoms. The second-order valence-corrected chi connectivity index (χ2v) is 9.17. The van der Waals surface area contributed by atoms with Crippen molar-refractivity contribution >= 4 is 23.1 Å². The van der Waals surface area contributed by atoms with Crippen molar-refractivity contribution in [1.82, 2.24) is 24.8 Å². The van der Waals surface area contributed by atoms with Crippen LogP contribution < -0.4 is 11.1 Å². The van der Waals surface area contributed by atoms with E-state index < -0.39 is 107 Å². The molecule has 17 heteroatoms. The number of nitrogens with zero attached hydrogens (tertiary/aromatic N) is 4. The number of nitrogens with two attached hydrogens (primary N) is 1. The first-order valence-electron chi connectivity index (χ1n) is 11.5. The largest absolute Gasteiger partial charge is 0.418 e. The summed E-state index contributed by atoms with van der Waals surface area (Å²) in [5, 5.41) is 5.66. The molecule has 1 aliphatic rings. The van der Waals surface area contributed by atoms with E-state index >= 15 is 4.39 Å². The Balaban J connectivity index is 1.62. The number of hydrogen-bond acceptors (Lipinski definition) is 5. The van der Waals surface area contributed by atoms with E-state index in [2.05, 4.69) is 10.1 Å². The van der Waals surface area contributed by atoms with Gasteiger partial charge in [0.25, 0.3) is 5.91 Å². The van der Waals surface area contributed by atoms with Gasteiger partial charge in [-0.25, -0.2) is 22.7 Å². The summed E-state index contributed by atoms with van der Waals surface area (Å²) in [6, 6.07) is 0.314. The molecule has 3 aromatic rings. The molecule has 1 aromatic carbocycles. The molecule has 3 atom stereocenters. The molecule has 1 aliphatic heterocycles. The Morgan fingerprint density at radius 2 is 1.82 bits per heavy atom. The second kappa shape index (κ2) is 10.2. The molecular formula is C23H19F9N6O2. The van der Waals surface area contributed by atoms with E-state index in [1.54, 1.807) is 0 Å². The van der Waals surface area contributed by atoms with Gasteiger partial charge in [0, 0.05) is 18.5 Å². The quantitative estimate of drug-likeness (QED) is 0.440. The molecule has 2 amide bonds. The molecule has 0 saturated carbocycles. The van der Waals surface area contributed by atoms with Crippen LogP contribution >= 0.6 is 0 Å².